The lowest BCUT2D eigenvalue weighted by Crippen LogP contribution is -2.45. The summed E-state index contributed by atoms with van der Waals surface area (Å²) in [5, 5.41) is 3.31. The van der Waals surface area contributed by atoms with Crippen LogP contribution in [0.2, 0.25) is 0 Å². The smallest absolute Gasteiger partial charge is 0.123 e. The van der Waals surface area contributed by atoms with Crippen molar-refractivity contribution >= 4 is 11.3 Å². The average molecular weight is 380 g/mol. The van der Waals surface area contributed by atoms with Gasteiger partial charge in [-0.05, 0) is 17.7 Å². The molecule has 0 aliphatic carbocycles. The molecule has 2 heterocycles. The van der Waals surface area contributed by atoms with Gasteiger partial charge in [-0.3, -0.25) is 9.80 Å². The molecule has 1 aliphatic heterocycles. The number of benzene rings is 2. The average Bonchev–Trinajstić information content (AvgIpc) is 3.19. The molecule has 0 bridgehead atoms. The molecular formula is C22H25N3OS. The Morgan fingerprint density at radius 1 is 0.926 bits per heavy atom. The van der Waals surface area contributed by atoms with E-state index in [4.69, 9.17) is 9.72 Å². The summed E-state index contributed by atoms with van der Waals surface area (Å²) in [6.45, 7) is 6.28. The maximum absolute atomic E-state index is 5.33. The van der Waals surface area contributed by atoms with Gasteiger partial charge in [-0.1, -0.05) is 42.5 Å². The molecule has 1 fully saturated rings. The first-order chi connectivity index (χ1) is 13.3. The van der Waals surface area contributed by atoms with E-state index in [1.807, 2.05) is 12.1 Å². The van der Waals surface area contributed by atoms with Crippen LogP contribution in [0.3, 0.4) is 0 Å². The van der Waals surface area contributed by atoms with Crippen LogP contribution in [0.1, 0.15) is 11.3 Å². The third-order valence-corrected chi connectivity index (χ3v) is 5.90. The van der Waals surface area contributed by atoms with Crippen molar-refractivity contribution in [2.45, 2.75) is 13.1 Å². The monoisotopic (exact) mass is 379 g/mol. The Balaban J connectivity index is 1.29. The van der Waals surface area contributed by atoms with Crippen molar-refractivity contribution < 1.29 is 4.74 Å². The maximum Gasteiger partial charge on any atom is 0.123 e. The summed E-state index contributed by atoms with van der Waals surface area (Å²) in [7, 11) is 1.72. The Kier molecular flexibility index (Phi) is 5.82. The molecule has 140 valence electrons. The fourth-order valence-corrected chi connectivity index (χ4v) is 4.27. The van der Waals surface area contributed by atoms with E-state index in [-0.39, 0.29) is 0 Å². The number of hydrogen-bond acceptors (Lipinski definition) is 5. The van der Waals surface area contributed by atoms with Crippen molar-refractivity contribution in [3.8, 4) is 16.3 Å². The third kappa shape index (κ3) is 4.75. The van der Waals surface area contributed by atoms with Gasteiger partial charge in [0.05, 0.1) is 12.8 Å². The summed E-state index contributed by atoms with van der Waals surface area (Å²) in [6, 6.07) is 18.8. The molecule has 3 aromatic rings. The molecule has 4 nitrogen and oxygen atoms in total. The Labute approximate surface area is 165 Å². The standard InChI is InChI=1S/C22H25N3OS/c1-26-21-9-5-6-18(14-21)15-24-10-12-25(13-11-24)16-20-17-27-22(23-20)19-7-3-2-4-8-19/h2-9,14,17H,10-13,15-16H2,1H3. The summed E-state index contributed by atoms with van der Waals surface area (Å²) in [5.41, 5.74) is 3.70. The quantitative estimate of drug-likeness (QED) is 0.644. The second-order valence-corrected chi connectivity index (χ2v) is 7.77. The van der Waals surface area contributed by atoms with Crippen LogP contribution < -0.4 is 4.74 Å². The van der Waals surface area contributed by atoms with Gasteiger partial charge in [0.2, 0.25) is 0 Å². The van der Waals surface area contributed by atoms with Crippen LogP contribution >= 0.6 is 11.3 Å². The minimum Gasteiger partial charge on any atom is -0.497 e. The highest BCUT2D eigenvalue weighted by molar-refractivity contribution is 7.13. The van der Waals surface area contributed by atoms with Gasteiger partial charge in [0.25, 0.3) is 0 Å². The lowest BCUT2D eigenvalue weighted by atomic mass is 10.2. The number of ether oxygens (including phenoxy) is 1. The zero-order valence-corrected chi connectivity index (χ0v) is 16.5. The van der Waals surface area contributed by atoms with Crippen molar-refractivity contribution in [3.05, 3.63) is 71.2 Å². The van der Waals surface area contributed by atoms with Gasteiger partial charge < -0.3 is 4.74 Å². The van der Waals surface area contributed by atoms with E-state index >= 15 is 0 Å². The molecule has 2 aromatic carbocycles. The minimum atomic E-state index is 0.934. The molecule has 1 saturated heterocycles. The molecule has 1 aromatic heterocycles. The Bertz CT molecular complexity index is 857. The molecule has 0 amide bonds. The van der Waals surface area contributed by atoms with Crippen LogP contribution in [0.4, 0.5) is 0 Å². The van der Waals surface area contributed by atoms with Crippen molar-refractivity contribution in [3.63, 3.8) is 0 Å². The Hall–Kier alpha value is -2.21. The van der Waals surface area contributed by atoms with Crippen molar-refractivity contribution in [1.29, 1.82) is 0 Å². The van der Waals surface area contributed by atoms with Gasteiger partial charge in [-0.15, -0.1) is 11.3 Å². The highest BCUT2D eigenvalue weighted by Gasteiger charge is 2.18. The summed E-state index contributed by atoms with van der Waals surface area (Å²) >= 11 is 1.74. The molecule has 0 N–H and O–H groups in total. The lowest BCUT2D eigenvalue weighted by Gasteiger charge is -2.34. The SMILES string of the molecule is COc1cccc(CN2CCN(Cc3csc(-c4ccccc4)n3)CC2)c1. The van der Waals surface area contributed by atoms with Gasteiger partial charge >= 0.3 is 0 Å². The number of hydrogen-bond donors (Lipinski definition) is 0. The molecular weight excluding hydrogens is 354 g/mol. The number of thiazole rings is 1. The van der Waals surface area contributed by atoms with Crippen LogP contribution in [0.15, 0.2) is 60.0 Å². The van der Waals surface area contributed by atoms with Crippen LogP contribution in [0, 0.1) is 0 Å². The van der Waals surface area contributed by atoms with E-state index in [0.717, 1.165) is 50.0 Å². The molecule has 4 rings (SSSR count). The van der Waals surface area contributed by atoms with Crippen LogP contribution in [-0.4, -0.2) is 48.1 Å². The van der Waals surface area contributed by atoms with E-state index in [1.165, 1.54) is 16.8 Å². The predicted molar refractivity (Wildman–Crippen MR) is 111 cm³/mol. The first kappa shape index (κ1) is 18.2. The number of methoxy groups -OCH3 is 1. The van der Waals surface area contributed by atoms with Gasteiger partial charge in [0.1, 0.15) is 10.8 Å². The second-order valence-electron chi connectivity index (χ2n) is 6.91. The van der Waals surface area contributed by atoms with Crippen LogP contribution in [0.5, 0.6) is 5.75 Å². The van der Waals surface area contributed by atoms with Crippen molar-refractivity contribution in [2.24, 2.45) is 0 Å². The molecule has 27 heavy (non-hydrogen) atoms. The van der Waals surface area contributed by atoms with Gasteiger partial charge in [-0.2, -0.15) is 0 Å². The van der Waals surface area contributed by atoms with Gasteiger partial charge in [0.15, 0.2) is 0 Å². The molecule has 0 atom stereocenters. The first-order valence-corrected chi connectivity index (χ1v) is 10.3. The highest BCUT2D eigenvalue weighted by Crippen LogP contribution is 2.24. The maximum atomic E-state index is 5.33. The fourth-order valence-electron chi connectivity index (χ4n) is 3.46. The van der Waals surface area contributed by atoms with Gasteiger partial charge in [0, 0.05) is 50.2 Å². The normalized spacial score (nSPS) is 15.7. The molecule has 0 saturated carbocycles. The van der Waals surface area contributed by atoms with Crippen LogP contribution in [0.25, 0.3) is 10.6 Å². The predicted octanol–water partition coefficient (Wildman–Crippen LogP) is 4.14. The van der Waals surface area contributed by atoms with E-state index in [1.54, 1.807) is 18.4 Å². The minimum absolute atomic E-state index is 0.934. The topological polar surface area (TPSA) is 28.6 Å². The van der Waals surface area contributed by atoms with E-state index in [2.05, 4.69) is 57.6 Å². The highest BCUT2D eigenvalue weighted by atomic mass is 32.1. The number of aromatic nitrogens is 1. The number of piperazine rings is 1. The second kappa shape index (κ2) is 8.65. The first-order valence-electron chi connectivity index (χ1n) is 9.37. The van der Waals surface area contributed by atoms with E-state index < -0.39 is 0 Å². The Morgan fingerprint density at radius 3 is 2.41 bits per heavy atom. The van der Waals surface area contributed by atoms with Crippen molar-refractivity contribution in [1.82, 2.24) is 14.8 Å². The van der Waals surface area contributed by atoms with Crippen molar-refractivity contribution in [2.75, 3.05) is 33.3 Å². The molecule has 0 spiro atoms. The Morgan fingerprint density at radius 2 is 1.67 bits per heavy atom. The van der Waals surface area contributed by atoms with E-state index in [0.29, 0.717) is 0 Å². The largest absolute Gasteiger partial charge is 0.497 e. The molecule has 0 radical (unpaired) electrons. The zero-order chi connectivity index (χ0) is 18.5. The number of nitrogens with zero attached hydrogens (tertiary/aromatic N) is 3. The number of rotatable bonds is 6. The summed E-state index contributed by atoms with van der Waals surface area (Å²) in [5.74, 6) is 0.934. The summed E-state index contributed by atoms with van der Waals surface area (Å²) in [4.78, 5) is 9.85. The summed E-state index contributed by atoms with van der Waals surface area (Å²) in [6.07, 6.45) is 0. The zero-order valence-electron chi connectivity index (χ0n) is 15.7. The summed E-state index contributed by atoms with van der Waals surface area (Å²) < 4.78 is 5.33. The van der Waals surface area contributed by atoms with E-state index in [9.17, 15) is 0 Å². The fraction of sp³-hybridized carbons (Fsp3) is 0.318. The van der Waals surface area contributed by atoms with Gasteiger partial charge in [-0.25, -0.2) is 4.98 Å². The third-order valence-electron chi connectivity index (χ3n) is 4.96. The molecule has 0 unspecified atom stereocenters. The molecule has 5 heteroatoms. The lowest BCUT2D eigenvalue weighted by molar-refractivity contribution is 0.121. The van der Waals surface area contributed by atoms with Crippen LogP contribution in [-0.2, 0) is 13.1 Å². The molecule has 1 aliphatic rings.